The van der Waals surface area contributed by atoms with E-state index in [1.54, 1.807) is 0 Å². The number of fused-ring (bicyclic) bond motifs is 3. The number of aromatic nitrogens is 1. The van der Waals surface area contributed by atoms with E-state index in [9.17, 15) is 0 Å². The normalized spacial score (nSPS) is 11.2. The molecule has 11 aromatic carbocycles. The van der Waals surface area contributed by atoms with Gasteiger partial charge in [0.15, 0.2) is 0 Å². The minimum Gasteiger partial charge on any atom is -0.311 e. The van der Waals surface area contributed by atoms with Crippen LogP contribution in [-0.4, -0.2) is 4.57 Å². The van der Waals surface area contributed by atoms with Gasteiger partial charge in [0.25, 0.3) is 0 Å². The molecule has 1 aromatic heterocycles. The van der Waals surface area contributed by atoms with Gasteiger partial charge in [-0.25, -0.2) is 0 Å². The zero-order chi connectivity index (χ0) is 45.2. The predicted octanol–water partition coefficient (Wildman–Crippen LogP) is 18.3. The molecule has 320 valence electrons. The summed E-state index contributed by atoms with van der Waals surface area (Å²) in [4.78, 5) is 2.35. The zero-order valence-corrected chi connectivity index (χ0v) is 37.5. The number of nitrogens with zero attached hydrogens (tertiary/aromatic N) is 2. The van der Waals surface area contributed by atoms with Gasteiger partial charge in [0.2, 0.25) is 0 Å². The standard InChI is InChI=1S/C66H46N2/c1-4-16-47(17-5-1)51-32-38-58(39-33-51)67(60-42-36-53(37-43-60)57-45-55(48-18-6-2-7-19-48)44-56(46-57)49-20-8-3-9-21-49)59-40-34-52(35-41-59)50-28-30-54(31-29-50)61-22-10-13-25-64(61)68-65-26-14-11-23-62(65)63-24-12-15-27-66(63)68/h1-46H. The summed E-state index contributed by atoms with van der Waals surface area (Å²) in [5, 5.41) is 2.53. The number of benzene rings is 11. The largest absolute Gasteiger partial charge is 0.311 e. The van der Waals surface area contributed by atoms with Crippen LogP contribution < -0.4 is 4.90 Å². The number of rotatable bonds is 10. The van der Waals surface area contributed by atoms with Gasteiger partial charge in [-0.05, 0) is 134 Å². The molecule has 0 N–H and O–H groups in total. The van der Waals surface area contributed by atoms with Crippen molar-refractivity contribution in [1.82, 2.24) is 4.57 Å². The first kappa shape index (κ1) is 40.5. The second kappa shape index (κ2) is 17.8. The van der Waals surface area contributed by atoms with Gasteiger partial charge in [0.1, 0.15) is 0 Å². The van der Waals surface area contributed by atoms with Crippen LogP contribution in [0.25, 0.3) is 94.3 Å². The van der Waals surface area contributed by atoms with Crippen molar-refractivity contribution >= 4 is 38.9 Å². The van der Waals surface area contributed by atoms with Crippen LogP contribution in [0.4, 0.5) is 17.1 Å². The molecule has 1 heterocycles. The van der Waals surface area contributed by atoms with Crippen LogP contribution in [0.3, 0.4) is 0 Å². The number of anilines is 3. The Bertz CT molecular complexity index is 3560. The average molecular weight is 867 g/mol. The molecule has 0 spiro atoms. The number of para-hydroxylation sites is 3. The molecule has 12 rings (SSSR count). The van der Waals surface area contributed by atoms with Crippen molar-refractivity contribution in [2.75, 3.05) is 4.90 Å². The van der Waals surface area contributed by atoms with Crippen molar-refractivity contribution in [1.29, 1.82) is 0 Å². The molecule has 0 aliphatic rings. The van der Waals surface area contributed by atoms with Gasteiger partial charge in [0.05, 0.1) is 16.7 Å². The Morgan fingerprint density at radius 2 is 0.515 bits per heavy atom. The summed E-state index contributed by atoms with van der Waals surface area (Å²) < 4.78 is 2.41. The quantitative estimate of drug-likeness (QED) is 0.133. The third kappa shape index (κ3) is 7.74. The highest BCUT2D eigenvalue weighted by Crippen LogP contribution is 2.41. The van der Waals surface area contributed by atoms with Gasteiger partial charge >= 0.3 is 0 Å². The Morgan fingerprint density at radius 1 is 0.221 bits per heavy atom. The lowest BCUT2D eigenvalue weighted by molar-refractivity contribution is 1.18. The van der Waals surface area contributed by atoms with Gasteiger partial charge in [-0.1, -0.05) is 206 Å². The van der Waals surface area contributed by atoms with Crippen molar-refractivity contribution < 1.29 is 0 Å². The second-order valence-corrected chi connectivity index (χ2v) is 17.3. The molecule has 68 heavy (non-hydrogen) atoms. The highest BCUT2D eigenvalue weighted by Gasteiger charge is 2.17. The van der Waals surface area contributed by atoms with E-state index in [1.807, 2.05) is 0 Å². The average Bonchev–Trinajstić information content (AvgIpc) is 3.76. The summed E-state index contributed by atoms with van der Waals surface area (Å²) in [5.41, 5.74) is 21.1. The lowest BCUT2D eigenvalue weighted by Crippen LogP contribution is -2.09. The van der Waals surface area contributed by atoms with E-state index in [0.29, 0.717) is 0 Å². The molecule has 0 saturated heterocycles. The maximum absolute atomic E-state index is 2.41. The summed E-state index contributed by atoms with van der Waals surface area (Å²) in [5.74, 6) is 0. The molecule has 0 amide bonds. The number of hydrogen-bond donors (Lipinski definition) is 0. The van der Waals surface area contributed by atoms with Crippen molar-refractivity contribution in [2.24, 2.45) is 0 Å². The van der Waals surface area contributed by atoms with E-state index in [-0.39, 0.29) is 0 Å². The van der Waals surface area contributed by atoms with E-state index in [0.717, 1.165) is 17.1 Å². The minimum atomic E-state index is 1.09. The lowest BCUT2D eigenvalue weighted by Gasteiger charge is -2.26. The maximum Gasteiger partial charge on any atom is 0.0541 e. The van der Waals surface area contributed by atoms with Crippen molar-refractivity contribution in [3.8, 4) is 72.4 Å². The second-order valence-electron chi connectivity index (χ2n) is 17.3. The molecule has 0 bridgehead atoms. The maximum atomic E-state index is 2.41. The highest BCUT2D eigenvalue weighted by molar-refractivity contribution is 6.09. The summed E-state index contributed by atoms with van der Waals surface area (Å²) >= 11 is 0. The predicted molar refractivity (Wildman–Crippen MR) is 288 cm³/mol. The van der Waals surface area contributed by atoms with Crippen molar-refractivity contribution in [3.63, 3.8) is 0 Å². The Balaban J connectivity index is 0.882. The van der Waals surface area contributed by atoms with E-state index < -0.39 is 0 Å². The Hall–Kier alpha value is -8.98. The molecular formula is C66H46N2. The summed E-state index contributed by atoms with van der Waals surface area (Å²) in [6.07, 6.45) is 0. The fourth-order valence-corrected chi connectivity index (χ4v) is 9.81. The van der Waals surface area contributed by atoms with Crippen molar-refractivity contribution in [2.45, 2.75) is 0 Å². The van der Waals surface area contributed by atoms with Crippen molar-refractivity contribution in [3.05, 3.63) is 279 Å². The molecule has 0 unspecified atom stereocenters. The molecular weight excluding hydrogens is 821 g/mol. The van der Waals surface area contributed by atoms with Gasteiger partial charge < -0.3 is 9.47 Å². The van der Waals surface area contributed by atoms with Crippen LogP contribution in [-0.2, 0) is 0 Å². The molecule has 12 aromatic rings. The van der Waals surface area contributed by atoms with Crippen LogP contribution in [0.5, 0.6) is 0 Å². The topological polar surface area (TPSA) is 8.17 Å². The Kier molecular flexibility index (Phi) is 10.6. The van der Waals surface area contributed by atoms with Crippen LogP contribution in [0.2, 0.25) is 0 Å². The van der Waals surface area contributed by atoms with Gasteiger partial charge in [-0.15, -0.1) is 0 Å². The first-order valence-corrected chi connectivity index (χ1v) is 23.3. The summed E-state index contributed by atoms with van der Waals surface area (Å²) in [6, 6.07) is 101. The first-order valence-electron chi connectivity index (χ1n) is 23.3. The lowest BCUT2D eigenvalue weighted by atomic mass is 9.93. The molecule has 0 aliphatic heterocycles. The monoisotopic (exact) mass is 866 g/mol. The fraction of sp³-hybridized carbons (Fsp3) is 0. The molecule has 0 radical (unpaired) electrons. The first-order chi connectivity index (χ1) is 33.7. The summed E-state index contributed by atoms with van der Waals surface area (Å²) in [6.45, 7) is 0. The Morgan fingerprint density at radius 3 is 0.941 bits per heavy atom. The third-order valence-electron chi connectivity index (χ3n) is 13.2. The highest BCUT2D eigenvalue weighted by atomic mass is 15.1. The van der Waals surface area contributed by atoms with Gasteiger partial charge in [0, 0.05) is 33.4 Å². The van der Waals surface area contributed by atoms with E-state index in [1.165, 1.54) is 94.3 Å². The SMILES string of the molecule is c1ccc(-c2ccc(N(c3ccc(-c4ccc(-c5ccccc5-n5c6ccccc6c6ccccc65)cc4)cc3)c3ccc(-c4cc(-c5ccccc5)cc(-c5ccccc5)c4)cc3)cc2)cc1. The molecule has 2 heteroatoms. The zero-order valence-electron chi connectivity index (χ0n) is 37.5. The smallest absolute Gasteiger partial charge is 0.0541 e. The van der Waals surface area contributed by atoms with Gasteiger partial charge in [-0.3, -0.25) is 0 Å². The van der Waals surface area contributed by atoms with Gasteiger partial charge in [-0.2, -0.15) is 0 Å². The van der Waals surface area contributed by atoms with E-state index >= 15 is 0 Å². The Labute approximate surface area is 397 Å². The molecule has 0 fully saturated rings. The van der Waals surface area contributed by atoms with Crippen LogP contribution in [0.1, 0.15) is 0 Å². The van der Waals surface area contributed by atoms with Crippen LogP contribution in [0.15, 0.2) is 279 Å². The van der Waals surface area contributed by atoms with Crippen LogP contribution in [0, 0.1) is 0 Å². The fourth-order valence-electron chi connectivity index (χ4n) is 9.81. The molecule has 2 nitrogen and oxygen atoms in total. The molecule has 0 saturated carbocycles. The third-order valence-corrected chi connectivity index (χ3v) is 13.2. The van der Waals surface area contributed by atoms with E-state index in [4.69, 9.17) is 0 Å². The van der Waals surface area contributed by atoms with Crippen LogP contribution >= 0.6 is 0 Å². The molecule has 0 aliphatic carbocycles. The minimum absolute atomic E-state index is 1.09. The van der Waals surface area contributed by atoms with E-state index in [2.05, 4.69) is 289 Å². The summed E-state index contributed by atoms with van der Waals surface area (Å²) in [7, 11) is 0. The number of hydrogen-bond acceptors (Lipinski definition) is 1. The molecule has 0 atom stereocenters.